The molecule has 0 spiro atoms. The van der Waals surface area contributed by atoms with Gasteiger partial charge < -0.3 is 5.11 Å². The summed E-state index contributed by atoms with van der Waals surface area (Å²) in [7, 11) is 0. The van der Waals surface area contributed by atoms with Crippen LogP contribution in [-0.2, 0) is 0 Å². The molecule has 0 aliphatic carbocycles. The monoisotopic (exact) mass is 329 g/mol. The van der Waals surface area contributed by atoms with E-state index in [2.05, 4.69) is 5.10 Å². The minimum absolute atomic E-state index is 0.205. The summed E-state index contributed by atoms with van der Waals surface area (Å²) in [5.74, 6) is -0.999. The minimum Gasteiger partial charge on any atom is -0.478 e. The summed E-state index contributed by atoms with van der Waals surface area (Å²) in [5.41, 5.74) is 3.75. The summed E-state index contributed by atoms with van der Waals surface area (Å²) in [6.07, 6.45) is 3.36. The van der Waals surface area contributed by atoms with Gasteiger partial charge in [0, 0.05) is 23.3 Å². The lowest BCUT2D eigenvalue weighted by atomic mass is 10.00. The molecule has 2 aromatic carbocycles. The van der Waals surface area contributed by atoms with Crippen molar-refractivity contribution >= 4 is 16.9 Å². The topological polar surface area (TPSA) is 68.0 Å². The second-order valence-corrected chi connectivity index (χ2v) is 5.83. The smallest absolute Gasteiger partial charge is 0.338 e. The number of benzene rings is 2. The number of rotatable bonds is 3. The van der Waals surface area contributed by atoms with Gasteiger partial charge in [-0.1, -0.05) is 42.0 Å². The molecular formula is C20H15N3O2. The summed E-state index contributed by atoms with van der Waals surface area (Å²) in [4.78, 5) is 16.9. The highest BCUT2D eigenvalue weighted by molar-refractivity contribution is 6.08. The van der Waals surface area contributed by atoms with Crippen LogP contribution in [0.25, 0.3) is 27.8 Å². The van der Waals surface area contributed by atoms with Gasteiger partial charge in [-0.3, -0.25) is 0 Å². The highest BCUT2D eigenvalue weighted by Gasteiger charge is 2.23. The van der Waals surface area contributed by atoms with E-state index < -0.39 is 5.97 Å². The van der Waals surface area contributed by atoms with Gasteiger partial charge in [-0.15, -0.1) is 0 Å². The van der Waals surface area contributed by atoms with Crippen LogP contribution in [0.15, 0.2) is 67.0 Å². The average Bonchev–Trinajstić information content (AvgIpc) is 3.15. The summed E-state index contributed by atoms with van der Waals surface area (Å²) in [5, 5.41) is 14.8. The summed E-state index contributed by atoms with van der Waals surface area (Å²) < 4.78 is 1.57. The van der Waals surface area contributed by atoms with Crippen LogP contribution in [-0.4, -0.2) is 25.8 Å². The van der Waals surface area contributed by atoms with Crippen LogP contribution < -0.4 is 0 Å². The van der Waals surface area contributed by atoms with Crippen molar-refractivity contribution in [1.82, 2.24) is 14.8 Å². The lowest BCUT2D eigenvalue weighted by molar-refractivity contribution is 0.0699. The molecule has 0 bridgehead atoms. The Morgan fingerprint density at radius 3 is 2.56 bits per heavy atom. The maximum absolute atomic E-state index is 12.2. The number of carbonyl (C=O) groups is 1. The molecule has 2 heterocycles. The van der Waals surface area contributed by atoms with Crippen LogP contribution in [0.3, 0.4) is 0 Å². The molecule has 4 rings (SSSR count). The van der Waals surface area contributed by atoms with Crippen LogP contribution in [0, 0.1) is 6.92 Å². The van der Waals surface area contributed by atoms with Crippen molar-refractivity contribution < 1.29 is 9.90 Å². The quantitative estimate of drug-likeness (QED) is 0.614. The SMILES string of the molecule is Cc1ccc2nc(-c3ccccc3)c(-n3cccn3)c(C(=O)O)c2c1. The lowest BCUT2D eigenvalue weighted by Gasteiger charge is -2.15. The molecule has 2 aromatic heterocycles. The fourth-order valence-corrected chi connectivity index (χ4v) is 3.00. The van der Waals surface area contributed by atoms with Crippen molar-refractivity contribution in [2.45, 2.75) is 6.92 Å². The van der Waals surface area contributed by atoms with Crippen molar-refractivity contribution in [3.8, 4) is 16.9 Å². The van der Waals surface area contributed by atoms with E-state index in [0.29, 0.717) is 22.3 Å². The van der Waals surface area contributed by atoms with Crippen molar-refractivity contribution in [1.29, 1.82) is 0 Å². The van der Waals surface area contributed by atoms with Crippen LogP contribution in [0.2, 0.25) is 0 Å². The zero-order valence-corrected chi connectivity index (χ0v) is 13.5. The molecule has 5 heteroatoms. The van der Waals surface area contributed by atoms with Gasteiger partial charge in [0.05, 0.1) is 16.8 Å². The molecule has 4 aromatic rings. The van der Waals surface area contributed by atoms with E-state index in [-0.39, 0.29) is 5.56 Å². The van der Waals surface area contributed by atoms with Crippen LogP contribution in [0.4, 0.5) is 0 Å². The minimum atomic E-state index is -0.999. The number of carboxylic acids is 1. The number of nitrogens with zero attached hydrogens (tertiary/aromatic N) is 3. The van der Waals surface area contributed by atoms with E-state index >= 15 is 0 Å². The normalized spacial score (nSPS) is 10.9. The molecule has 0 saturated heterocycles. The van der Waals surface area contributed by atoms with Gasteiger partial charge in [0.25, 0.3) is 0 Å². The van der Waals surface area contributed by atoms with E-state index in [9.17, 15) is 9.90 Å². The summed E-state index contributed by atoms with van der Waals surface area (Å²) in [6, 6.07) is 17.0. The molecule has 0 radical (unpaired) electrons. The Morgan fingerprint density at radius 1 is 1.08 bits per heavy atom. The maximum atomic E-state index is 12.2. The number of aromatic nitrogens is 3. The third kappa shape index (κ3) is 2.55. The Hall–Kier alpha value is -3.47. The molecule has 122 valence electrons. The van der Waals surface area contributed by atoms with Crippen LogP contribution in [0.1, 0.15) is 15.9 Å². The van der Waals surface area contributed by atoms with Crippen molar-refractivity contribution in [3.05, 3.63) is 78.1 Å². The third-order valence-electron chi connectivity index (χ3n) is 4.11. The first-order valence-electron chi connectivity index (χ1n) is 7.88. The van der Waals surface area contributed by atoms with Gasteiger partial charge in [0.15, 0.2) is 0 Å². The van der Waals surface area contributed by atoms with E-state index in [4.69, 9.17) is 4.98 Å². The Bertz CT molecular complexity index is 1070. The number of aryl methyl sites for hydroxylation is 1. The van der Waals surface area contributed by atoms with Crippen LogP contribution >= 0.6 is 0 Å². The molecule has 25 heavy (non-hydrogen) atoms. The second-order valence-electron chi connectivity index (χ2n) is 5.83. The highest BCUT2D eigenvalue weighted by atomic mass is 16.4. The van der Waals surface area contributed by atoms with Crippen molar-refractivity contribution in [2.75, 3.05) is 0 Å². The van der Waals surface area contributed by atoms with Crippen molar-refractivity contribution in [2.24, 2.45) is 0 Å². The highest BCUT2D eigenvalue weighted by Crippen LogP contribution is 2.33. The second kappa shape index (κ2) is 5.87. The largest absolute Gasteiger partial charge is 0.478 e. The predicted octanol–water partition coefficient (Wildman–Crippen LogP) is 4.09. The number of aromatic carboxylic acids is 1. The first-order valence-corrected chi connectivity index (χ1v) is 7.88. The van der Waals surface area contributed by atoms with E-state index in [1.54, 1.807) is 23.1 Å². The molecule has 5 nitrogen and oxygen atoms in total. The molecule has 0 amide bonds. The third-order valence-corrected chi connectivity index (χ3v) is 4.11. The van der Waals surface area contributed by atoms with Gasteiger partial charge in [-0.2, -0.15) is 5.10 Å². The van der Waals surface area contributed by atoms with Gasteiger partial charge >= 0.3 is 5.97 Å². The van der Waals surface area contributed by atoms with Crippen LogP contribution in [0.5, 0.6) is 0 Å². The summed E-state index contributed by atoms with van der Waals surface area (Å²) in [6.45, 7) is 1.93. The predicted molar refractivity (Wildman–Crippen MR) is 96.0 cm³/mol. The Kier molecular flexibility index (Phi) is 3.54. The number of fused-ring (bicyclic) bond motifs is 1. The zero-order valence-electron chi connectivity index (χ0n) is 13.5. The number of hydrogen-bond donors (Lipinski definition) is 1. The van der Waals surface area contributed by atoms with Gasteiger partial charge in [0.1, 0.15) is 5.69 Å². The first-order chi connectivity index (χ1) is 12.1. The molecule has 0 unspecified atom stereocenters. The lowest BCUT2D eigenvalue weighted by Crippen LogP contribution is -2.10. The fourth-order valence-electron chi connectivity index (χ4n) is 3.00. The Morgan fingerprint density at radius 2 is 1.88 bits per heavy atom. The number of carboxylic acid groups (broad SMARTS) is 1. The van der Waals surface area contributed by atoms with Gasteiger partial charge in [-0.25, -0.2) is 14.5 Å². The Balaban J connectivity index is 2.19. The molecule has 0 saturated carbocycles. The van der Waals surface area contributed by atoms with Crippen molar-refractivity contribution in [3.63, 3.8) is 0 Å². The van der Waals surface area contributed by atoms with Gasteiger partial charge in [-0.05, 0) is 25.1 Å². The van der Waals surface area contributed by atoms with E-state index in [0.717, 1.165) is 11.1 Å². The molecule has 0 aliphatic rings. The van der Waals surface area contributed by atoms with E-state index in [1.165, 1.54) is 0 Å². The van der Waals surface area contributed by atoms with Gasteiger partial charge in [0.2, 0.25) is 0 Å². The molecule has 1 N–H and O–H groups in total. The molecule has 0 fully saturated rings. The zero-order chi connectivity index (χ0) is 17.4. The summed E-state index contributed by atoms with van der Waals surface area (Å²) >= 11 is 0. The number of pyridine rings is 1. The fraction of sp³-hybridized carbons (Fsp3) is 0.0500. The number of hydrogen-bond acceptors (Lipinski definition) is 3. The standard InChI is InChI=1S/C20H15N3O2/c1-13-8-9-16-15(12-13)17(20(24)25)19(23-11-5-10-21-23)18(22-16)14-6-3-2-4-7-14/h2-12H,1H3,(H,24,25). The molecular weight excluding hydrogens is 314 g/mol. The average molecular weight is 329 g/mol. The first kappa shape index (κ1) is 15.1. The maximum Gasteiger partial charge on any atom is 0.338 e. The van der Waals surface area contributed by atoms with E-state index in [1.807, 2.05) is 55.5 Å². The molecule has 0 aliphatic heterocycles. The Labute approximate surface area is 144 Å². The molecule has 0 atom stereocenters.